The molecular formula is C14H20N2O2. The first-order valence-corrected chi connectivity index (χ1v) is 6.38. The predicted molar refractivity (Wildman–Crippen MR) is 69.7 cm³/mol. The zero-order valence-electron chi connectivity index (χ0n) is 10.9. The average Bonchev–Trinajstić information content (AvgIpc) is 2.37. The number of carbonyl (C=O) groups is 1. The Bertz CT molecular complexity index is 418. The van der Waals surface area contributed by atoms with Crippen molar-refractivity contribution in [2.45, 2.75) is 32.9 Å². The molecule has 1 aliphatic heterocycles. The molecule has 1 aromatic carbocycles. The summed E-state index contributed by atoms with van der Waals surface area (Å²) in [5, 5.41) is 3.22. The molecule has 1 heterocycles. The van der Waals surface area contributed by atoms with Crippen LogP contribution in [0, 0.1) is 5.92 Å². The Morgan fingerprint density at radius 1 is 1.44 bits per heavy atom. The van der Waals surface area contributed by atoms with E-state index in [1.54, 1.807) is 0 Å². The van der Waals surface area contributed by atoms with Gasteiger partial charge in [0.1, 0.15) is 0 Å². The molecule has 0 spiro atoms. The smallest absolute Gasteiger partial charge is 0.261 e. The van der Waals surface area contributed by atoms with Crippen LogP contribution in [-0.4, -0.2) is 18.6 Å². The molecule has 0 aliphatic carbocycles. The van der Waals surface area contributed by atoms with Crippen LogP contribution in [0.4, 0.5) is 0 Å². The Balaban J connectivity index is 1.87. The van der Waals surface area contributed by atoms with E-state index in [2.05, 4.69) is 22.9 Å². The summed E-state index contributed by atoms with van der Waals surface area (Å²) in [6.45, 7) is 5.36. The summed E-state index contributed by atoms with van der Waals surface area (Å²) in [5.74, 6) is 0.315. The van der Waals surface area contributed by atoms with Gasteiger partial charge in [-0.15, -0.1) is 0 Å². The molecule has 4 heteroatoms. The summed E-state index contributed by atoms with van der Waals surface area (Å²) in [6, 6.07) is 7.99. The molecule has 18 heavy (non-hydrogen) atoms. The molecule has 0 aromatic heterocycles. The second-order valence-electron chi connectivity index (χ2n) is 5.08. The van der Waals surface area contributed by atoms with Crippen molar-refractivity contribution in [2.24, 2.45) is 5.92 Å². The molecule has 2 rings (SSSR count). The summed E-state index contributed by atoms with van der Waals surface area (Å²) >= 11 is 0. The largest absolute Gasteiger partial charge is 0.301 e. The van der Waals surface area contributed by atoms with Crippen LogP contribution in [-0.2, 0) is 22.6 Å². The molecule has 1 atom stereocenters. The van der Waals surface area contributed by atoms with Crippen molar-refractivity contribution >= 4 is 5.91 Å². The lowest BCUT2D eigenvalue weighted by Crippen LogP contribution is -2.47. The molecule has 1 amide bonds. The molecule has 1 aromatic rings. The SMILES string of the molecule is CC(C)CONC(=O)C1Cc2ccccc2CN1. The third kappa shape index (κ3) is 3.31. The Kier molecular flexibility index (Phi) is 4.33. The molecule has 0 saturated heterocycles. The van der Waals surface area contributed by atoms with E-state index in [0.29, 0.717) is 18.9 Å². The van der Waals surface area contributed by atoms with Crippen LogP contribution in [0.2, 0.25) is 0 Å². The van der Waals surface area contributed by atoms with Gasteiger partial charge in [0.25, 0.3) is 5.91 Å². The zero-order valence-corrected chi connectivity index (χ0v) is 10.9. The number of hydroxylamine groups is 1. The fourth-order valence-electron chi connectivity index (χ4n) is 1.99. The van der Waals surface area contributed by atoms with Crippen molar-refractivity contribution in [2.75, 3.05) is 6.61 Å². The molecule has 1 unspecified atom stereocenters. The summed E-state index contributed by atoms with van der Waals surface area (Å²) in [7, 11) is 0. The lowest BCUT2D eigenvalue weighted by atomic mass is 9.96. The second kappa shape index (κ2) is 5.98. The molecule has 1 aliphatic rings. The zero-order chi connectivity index (χ0) is 13.0. The van der Waals surface area contributed by atoms with Gasteiger partial charge in [-0.25, -0.2) is 5.48 Å². The van der Waals surface area contributed by atoms with Crippen molar-refractivity contribution in [1.29, 1.82) is 0 Å². The molecule has 0 radical (unpaired) electrons. The van der Waals surface area contributed by atoms with Crippen LogP contribution >= 0.6 is 0 Å². The summed E-state index contributed by atoms with van der Waals surface area (Å²) in [6.07, 6.45) is 0.715. The van der Waals surface area contributed by atoms with Gasteiger partial charge in [-0.2, -0.15) is 0 Å². The van der Waals surface area contributed by atoms with Gasteiger partial charge in [0, 0.05) is 6.54 Å². The van der Waals surface area contributed by atoms with Gasteiger partial charge >= 0.3 is 0 Å². The van der Waals surface area contributed by atoms with Crippen molar-refractivity contribution < 1.29 is 9.63 Å². The van der Waals surface area contributed by atoms with Gasteiger partial charge in [0.05, 0.1) is 12.6 Å². The minimum atomic E-state index is -0.202. The number of amides is 1. The monoisotopic (exact) mass is 248 g/mol. The standard InChI is InChI=1S/C14H20N2O2/c1-10(2)9-18-16-14(17)13-7-11-5-3-4-6-12(11)8-15-13/h3-6,10,13,15H,7-9H2,1-2H3,(H,16,17). The number of benzene rings is 1. The highest BCUT2D eigenvalue weighted by Gasteiger charge is 2.23. The Hall–Kier alpha value is -1.39. The van der Waals surface area contributed by atoms with Gasteiger partial charge in [-0.1, -0.05) is 38.1 Å². The van der Waals surface area contributed by atoms with Crippen LogP contribution < -0.4 is 10.8 Å². The normalized spacial score (nSPS) is 18.5. The number of hydrogen-bond donors (Lipinski definition) is 2. The van der Waals surface area contributed by atoms with Crippen molar-refractivity contribution in [3.63, 3.8) is 0 Å². The molecule has 98 valence electrons. The van der Waals surface area contributed by atoms with E-state index < -0.39 is 0 Å². The van der Waals surface area contributed by atoms with Crippen LogP contribution in [0.1, 0.15) is 25.0 Å². The van der Waals surface area contributed by atoms with E-state index in [1.165, 1.54) is 11.1 Å². The lowest BCUT2D eigenvalue weighted by molar-refractivity contribution is -0.136. The van der Waals surface area contributed by atoms with E-state index in [-0.39, 0.29) is 11.9 Å². The van der Waals surface area contributed by atoms with E-state index >= 15 is 0 Å². The first-order valence-electron chi connectivity index (χ1n) is 6.38. The Labute approximate surface area is 108 Å². The first-order chi connectivity index (χ1) is 8.66. The third-order valence-corrected chi connectivity index (χ3v) is 2.99. The lowest BCUT2D eigenvalue weighted by Gasteiger charge is -2.25. The maximum Gasteiger partial charge on any atom is 0.261 e. The van der Waals surface area contributed by atoms with Crippen molar-refractivity contribution in [1.82, 2.24) is 10.8 Å². The molecule has 0 bridgehead atoms. The summed E-state index contributed by atoms with van der Waals surface area (Å²) < 4.78 is 0. The van der Waals surface area contributed by atoms with Gasteiger partial charge in [0.15, 0.2) is 0 Å². The van der Waals surface area contributed by atoms with Gasteiger partial charge in [0.2, 0.25) is 0 Å². The third-order valence-electron chi connectivity index (χ3n) is 2.99. The highest BCUT2D eigenvalue weighted by molar-refractivity contribution is 5.81. The molecular weight excluding hydrogens is 228 g/mol. The fourth-order valence-corrected chi connectivity index (χ4v) is 1.99. The molecule has 0 fully saturated rings. The molecule has 2 N–H and O–H groups in total. The predicted octanol–water partition coefficient (Wildman–Crippen LogP) is 1.40. The molecule has 0 saturated carbocycles. The van der Waals surface area contributed by atoms with Crippen LogP contribution in [0.5, 0.6) is 0 Å². The van der Waals surface area contributed by atoms with Gasteiger partial charge in [-0.05, 0) is 23.5 Å². The van der Waals surface area contributed by atoms with E-state index in [0.717, 1.165) is 6.54 Å². The topological polar surface area (TPSA) is 50.4 Å². The number of rotatable bonds is 4. The molecule has 4 nitrogen and oxygen atoms in total. The van der Waals surface area contributed by atoms with E-state index in [4.69, 9.17) is 4.84 Å². The number of hydrogen-bond acceptors (Lipinski definition) is 3. The van der Waals surface area contributed by atoms with Gasteiger partial charge < -0.3 is 5.32 Å². The van der Waals surface area contributed by atoms with E-state index in [9.17, 15) is 4.79 Å². The van der Waals surface area contributed by atoms with Crippen molar-refractivity contribution in [3.8, 4) is 0 Å². The van der Waals surface area contributed by atoms with Crippen LogP contribution in [0.3, 0.4) is 0 Å². The van der Waals surface area contributed by atoms with Crippen molar-refractivity contribution in [3.05, 3.63) is 35.4 Å². The Morgan fingerprint density at radius 2 is 2.17 bits per heavy atom. The minimum Gasteiger partial charge on any atom is -0.301 e. The van der Waals surface area contributed by atoms with Crippen LogP contribution in [0.15, 0.2) is 24.3 Å². The first kappa shape index (κ1) is 13.1. The van der Waals surface area contributed by atoms with E-state index in [1.807, 2.05) is 26.0 Å². The quantitative estimate of drug-likeness (QED) is 0.792. The average molecular weight is 248 g/mol. The fraction of sp³-hybridized carbons (Fsp3) is 0.500. The number of fused-ring (bicyclic) bond motifs is 1. The summed E-state index contributed by atoms with van der Waals surface area (Å²) in [5.41, 5.74) is 5.02. The second-order valence-corrected chi connectivity index (χ2v) is 5.08. The highest BCUT2D eigenvalue weighted by Crippen LogP contribution is 2.16. The highest BCUT2D eigenvalue weighted by atomic mass is 16.7. The maximum atomic E-state index is 11.9. The van der Waals surface area contributed by atoms with Gasteiger partial charge in [-0.3, -0.25) is 9.63 Å². The van der Waals surface area contributed by atoms with Crippen LogP contribution in [0.25, 0.3) is 0 Å². The maximum absolute atomic E-state index is 11.9. The Morgan fingerprint density at radius 3 is 2.89 bits per heavy atom. The summed E-state index contributed by atoms with van der Waals surface area (Å²) in [4.78, 5) is 17.0. The minimum absolute atomic E-state index is 0.0925. The number of carbonyl (C=O) groups excluding carboxylic acids is 1. The number of nitrogens with one attached hydrogen (secondary N) is 2.